The standard InChI is InChI=1S/C13H21N7/c1-5-7-14-10-16-11(19-13(2,3)4)18-12(17-10)20-9-6-8-15-20/h6,8-9H,5,7H2,1-4H3,(H2,14,16,17,18,19). The molecule has 0 saturated heterocycles. The molecule has 2 aromatic rings. The number of hydrogen-bond donors (Lipinski definition) is 2. The van der Waals surface area contributed by atoms with Crippen LogP contribution in [0, 0.1) is 0 Å². The Hall–Kier alpha value is -2.18. The average molecular weight is 275 g/mol. The predicted octanol–water partition coefficient (Wildman–Crippen LogP) is 2.09. The Morgan fingerprint density at radius 2 is 1.90 bits per heavy atom. The van der Waals surface area contributed by atoms with Gasteiger partial charge in [0.25, 0.3) is 5.95 Å². The molecular weight excluding hydrogens is 254 g/mol. The molecule has 0 aliphatic carbocycles. The van der Waals surface area contributed by atoms with Gasteiger partial charge in [-0.15, -0.1) is 0 Å². The molecule has 108 valence electrons. The van der Waals surface area contributed by atoms with Gasteiger partial charge in [0.15, 0.2) is 0 Å². The van der Waals surface area contributed by atoms with Gasteiger partial charge in [-0.25, -0.2) is 4.68 Å². The van der Waals surface area contributed by atoms with Gasteiger partial charge in [0.2, 0.25) is 11.9 Å². The first-order chi connectivity index (χ1) is 9.48. The second-order valence-corrected chi connectivity index (χ2v) is 5.54. The molecule has 2 aromatic heterocycles. The molecule has 2 N–H and O–H groups in total. The van der Waals surface area contributed by atoms with Crippen LogP contribution in [0.25, 0.3) is 5.95 Å². The van der Waals surface area contributed by atoms with Gasteiger partial charge in [-0.05, 0) is 33.3 Å². The van der Waals surface area contributed by atoms with Crippen LogP contribution in [0.4, 0.5) is 11.9 Å². The van der Waals surface area contributed by atoms with Crippen molar-refractivity contribution in [1.29, 1.82) is 0 Å². The van der Waals surface area contributed by atoms with E-state index in [0.29, 0.717) is 17.8 Å². The number of anilines is 2. The fourth-order valence-electron chi connectivity index (χ4n) is 1.56. The smallest absolute Gasteiger partial charge is 0.257 e. The van der Waals surface area contributed by atoms with Crippen LogP contribution in [-0.2, 0) is 0 Å². The van der Waals surface area contributed by atoms with Crippen LogP contribution in [0.5, 0.6) is 0 Å². The Labute approximate surface area is 118 Å². The fourth-order valence-corrected chi connectivity index (χ4v) is 1.56. The third-order valence-corrected chi connectivity index (χ3v) is 2.35. The molecule has 20 heavy (non-hydrogen) atoms. The van der Waals surface area contributed by atoms with Crippen molar-refractivity contribution in [1.82, 2.24) is 24.7 Å². The summed E-state index contributed by atoms with van der Waals surface area (Å²) >= 11 is 0. The monoisotopic (exact) mass is 275 g/mol. The zero-order valence-corrected chi connectivity index (χ0v) is 12.4. The molecule has 0 unspecified atom stereocenters. The molecule has 0 radical (unpaired) electrons. The molecule has 0 aliphatic heterocycles. The van der Waals surface area contributed by atoms with Crippen molar-refractivity contribution in [2.45, 2.75) is 39.7 Å². The van der Waals surface area contributed by atoms with Crippen molar-refractivity contribution in [3.8, 4) is 5.95 Å². The molecule has 0 fully saturated rings. The van der Waals surface area contributed by atoms with Crippen molar-refractivity contribution < 1.29 is 0 Å². The average Bonchev–Trinajstić information content (AvgIpc) is 2.87. The Morgan fingerprint density at radius 1 is 1.15 bits per heavy atom. The molecule has 0 spiro atoms. The molecule has 0 aromatic carbocycles. The Morgan fingerprint density at radius 3 is 2.50 bits per heavy atom. The highest BCUT2D eigenvalue weighted by Gasteiger charge is 2.14. The Kier molecular flexibility index (Phi) is 4.16. The summed E-state index contributed by atoms with van der Waals surface area (Å²) in [5, 5.41) is 10.6. The summed E-state index contributed by atoms with van der Waals surface area (Å²) in [7, 11) is 0. The summed E-state index contributed by atoms with van der Waals surface area (Å²) in [5.74, 6) is 1.59. The normalized spacial score (nSPS) is 11.4. The molecular formula is C13H21N7. The van der Waals surface area contributed by atoms with E-state index in [9.17, 15) is 0 Å². The highest BCUT2D eigenvalue weighted by Crippen LogP contribution is 2.13. The van der Waals surface area contributed by atoms with Crippen LogP contribution in [0.1, 0.15) is 34.1 Å². The summed E-state index contributed by atoms with van der Waals surface area (Å²) in [6.07, 6.45) is 4.50. The van der Waals surface area contributed by atoms with E-state index in [1.54, 1.807) is 17.1 Å². The summed E-state index contributed by atoms with van der Waals surface area (Å²) < 4.78 is 1.62. The number of rotatable bonds is 5. The van der Waals surface area contributed by atoms with Crippen molar-refractivity contribution >= 4 is 11.9 Å². The second-order valence-electron chi connectivity index (χ2n) is 5.54. The molecule has 7 heteroatoms. The lowest BCUT2D eigenvalue weighted by Gasteiger charge is -2.21. The maximum absolute atomic E-state index is 4.40. The summed E-state index contributed by atoms with van der Waals surface area (Å²) in [6, 6.07) is 1.83. The summed E-state index contributed by atoms with van der Waals surface area (Å²) in [4.78, 5) is 13.1. The van der Waals surface area contributed by atoms with E-state index in [2.05, 4.69) is 58.4 Å². The van der Waals surface area contributed by atoms with Crippen LogP contribution in [-0.4, -0.2) is 36.8 Å². The van der Waals surface area contributed by atoms with E-state index in [0.717, 1.165) is 13.0 Å². The minimum atomic E-state index is -0.120. The van der Waals surface area contributed by atoms with E-state index in [-0.39, 0.29) is 5.54 Å². The molecule has 2 heterocycles. The second kappa shape index (κ2) is 5.85. The van der Waals surface area contributed by atoms with Gasteiger partial charge < -0.3 is 10.6 Å². The van der Waals surface area contributed by atoms with Crippen molar-refractivity contribution in [3.05, 3.63) is 18.5 Å². The van der Waals surface area contributed by atoms with Gasteiger partial charge >= 0.3 is 0 Å². The zero-order chi connectivity index (χ0) is 14.6. The number of nitrogens with one attached hydrogen (secondary N) is 2. The van der Waals surface area contributed by atoms with Crippen LogP contribution in [0.2, 0.25) is 0 Å². The molecule has 0 amide bonds. The van der Waals surface area contributed by atoms with E-state index in [4.69, 9.17) is 0 Å². The minimum absolute atomic E-state index is 0.120. The quantitative estimate of drug-likeness (QED) is 0.869. The van der Waals surface area contributed by atoms with Crippen molar-refractivity contribution in [2.24, 2.45) is 0 Å². The van der Waals surface area contributed by atoms with Crippen LogP contribution in [0.3, 0.4) is 0 Å². The SMILES string of the molecule is CCCNc1nc(NC(C)(C)C)nc(-n2cccn2)n1. The molecule has 2 rings (SSSR count). The summed E-state index contributed by atoms with van der Waals surface area (Å²) in [5.41, 5.74) is -0.120. The van der Waals surface area contributed by atoms with Gasteiger partial charge in [0, 0.05) is 24.5 Å². The van der Waals surface area contributed by atoms with Gasteiger partial charge in [-0.1, -0.05) is 6.92 Å². The van der Waals surface area contributed by atoms with Crippen molar-refractivity contribution in [2.75, 3.05) is 17.2 Å². The topological polar surface area (TPSA) is 80.5 Å². The zero-order valence-electron chi connectivity index (χ0n) is 12.4. The maximum Gasteiger partial charge on any atom is 0.257 e. The maximum atomic E-state index is 4.40. The first kappa shape index (κ1) is 14.2. The van der Waals surface area contributed by atoms with Gasteiger partial charge in [-0.2, -0.15) is 20.1 Å². The van der Waals surface area contributed by atoms with E-state index < -0.39 is 0 Å². The van der Waals surface area contributed by atoms with Gasteiger partial charge in [0.1, 0.15) is 0 Å². The Bertz CT molecular complexity index is 542. The lowest BCUT2D eigenvalue weighted by Crippen LogP contribution is -2.28. The summed E-state index contributed by atoms with van der Waals surface area (Å²) in [6.45, 7) is 9.09. The number of nitrogens with zero attached hydrogens (tertiary/aromatic N) is 5. The molecule has 0 bridgehead atoms. The Balaban J connectivity index is 2.33. The fraction of sp³-hybridized carbons (Fsp3) is 0.538. The molecule has 7 nitrogen and oxygen atoms in total. The van der Waals surface area contributed by atoms with E-state index in [1.807, 2.05) is 6.07 Å². The molecule has 0 atom stereocenters. The van der Waals surface area contributed by atoms with Gasteiger partial charge in [0.05, 0.1) is 0 Å². The van der Waals surface area contributed by atoms with Gasteiger partial charge in [-0.3, -0.25) is 0 Å². The highest BCUT2D eigenvalue weighted by atomic mass is 15.4. The third kappa shape index (κ3) is 3.91. The van der Waals surface area contributed by atoms with Crippen molar-refractivity contribution in [3.63, 3.8) is 0 Å². The van der Waals surface area contributed by atoms with Crippen LogP contribution < -0.4 is 10.6 Å². The van der Waals surface area contributed by atoms with Crippen LogP contribution >= 0.6 is 0 Å². The number of aromatic nitrogens is 5. The lowest BCUT2D eigenvalue weighted by molar-refractivity contribution is 0.623. The predicted molar refractivity (Wildman–Crippen MR) is 79.1 cm³/mol. The minimum Gasteiger partial charge on any atom is -0.354 e. The molecule has 0 aliphatic rings. The lowest BCUT2D eigenvalue weighted by atomic mass is 10.1. The van der Waals surface area contributed by atoms with Crippen LogP contribution in [0.15, 0.2) is 18.5 Å². The first-order valence-corrected chi connectivity index (χ1v) is 6.76. The first-order valence-electron chi connectivity index (χ1n) is 6.76. The van der Waals surface area contributed by atoms with E-state index in [1.165, 1.54) is 0 Å². The molecule has 0 saturated carbocycles. The highest BCUT2D eigenvalue weighted by molar-refractivity contribution is 5.39. The number of hydrogen-bond acceptors (Lipinski definition) is 6. The third-order valence-electron chi connectivity index (χ3n) is 2.35. The van der Waals surface area contributed by atoms with E-state index >= 15 is 0 Å². The largest absolute Gasteiger partial charge is 0.354 e.